The minimum absolute atomic E-state index is 0.320. The molecule has 1 aliphatic carbocycles. The Balaban J connectivity index is 1.92. The van der Waals surface area contributed by atoms with Gasteiger partial charge in [0, 0.05) is 0 Å². The molecule has 0 unspecified atom stereocenters. The van der Waals surface area contributed by atoms with E-state index >= 15 is 0 Å². The molecular weight excluding hydrogens is 288 g/mol. The van der Waals surface area contributed by atoms with Gasteiger partial charge in [-0.1, -0.05) is 23.7 Å². The van der Waals surface area contributed by atoms with Crippen LogP contribution in [0.1, 0.15) is 23.2 Å². The fraction of sp³-hybridized carbons (Fsp3) is 0.235. The molecule has 0 aliphatic heterocycles. The number of halogens is 1. The molecular formula is C17H15ClO3. The Morgan fingerprint density at radius 2 is 1.81 bits per heavy atom. The van der Waals surface area contributed by atoms with Crippen LogP contribution in [-0.4, -0.2) is 19.5 Å². The van der Waals surface area contributed by atoms with E-state index in [1.807, 2.05) is 30.3 Å². The number of hydrogen-bond donors (Lipinski definition) is 0. The first kappa shape index (κ1) is 14.0. The Kier molecular flexibility index (Phi) is 3.84. The number of ether oxygens (including phenoxy) is 2. The summed E-state index contributed by atoms with van der Waals surface area (Å²) < 4.78 is 10.9. The molecule has 3 rings (SSSR count). The Labute approximate surface area is 128 Å². The molecule has 1 aliphatic rings. The molecule has 2 aromatic rings. The molecule has 108 valence electrons. The number of methoxy groups -OCH3 is 1. The molecule has 2 aromatic carbocycles. The lowest BCUT2D eigenvalue weighted by Gasteiger charge is -2.10. The standard InChI is InChI=1S/C17H15ClO3/c1-20-17-9-12(2-3-13(17)10-19)11-4-7-16(15(18)8-11)21-14-5-6-14/h2-4,7-10,14H,5-6H2,1H3. The summed E-state index contributed by atoms with van der Waals surface area (Å²) in [4.78, 5) is 10.9. The van der Waals surface area contributed by atoms with Gasteiger partial charge in [-0.05, 0) is 48.2 Å². The molecule has 3 nitrogen and oxygen atoms in total. The number of carbonyl (C=O) groups excluding carboxylic acids is 1. The van der Waals surface area contributed by atoms with E-state index < -0.39 is 0 Å². The second-order valence-corrected chi connectivity index (χ2v) is 5.44. The summed E-state index contributed by atoms with van der Waals surface area (Å²) >= 11 is 6.27. The third kappa shape index (κ3) is 3.03. The van der Waals surface area contributed by atoms with Crippen LogP contribution in [0.4, 0.5) is 0 Å². The molecule has 0 bridgehead atoms. The quantitative estimate of drug-likeness (QED) is 0.769. The van der Waals surface area contributed by atoms with Gasteiger partial charge in [0.25, 0.3) is 0 Å². The number of aldehydes is 1. The largest absolute Gasteiger partial charge is 0.496 e. The number of rotatable bonds is 5. The van der Waals surface area contributed by atoms with Crippen molar-refractivity contribution in [2.45, 2.75) is 18.9 Å². The van der Waals surface area contributed by atoms with Gasteiger partial charge in [-0.2, -0.15) is 0 Å². The number of benzene rings is 2. The van der Waals surface area contributed by atoms with Crippen LogP contribution in [0.2, 0.25) is 5.02 Å². The van der Waals surface area contributed by atoms with Crippen molar-refractivity contribution in [3.8, 4) is 22.6 Å². The fourth-order valence-electron chi connectivity index (χ4n) is 2.13. The molecule has 21 heavy (non-hydrogen) atoms. The fourth-order valence-corrected chi connectivity index (χ4v) is 2.35. The van der Waals surface area contributed by atoms with Crippen LogP contribution < -0.4 is 9.47 Å². The summed E-state index contributed by atoms with van der Waals surface area (Å²) in [7, 11) is 1.55. The van der Waals surface area contributed by atoms with Gasteiger partial charge in [0.15, 0.2) is 6.29 Å². The lowest BCUT2D eigenvalue weighted by atomic mass is 10.0. The van der Waals surface area contributed by atoms with E-state index in [2.05, 4.69) is 0 Å². The maximum atomic E-state index is 10.9. The van der Waals surface area contributed by atoms with Crippen LogP contribution >= 0.6 is 11.6 Å². The van der Waals surface area contributed by atoms with Crippen molar-refractivity contribution in [1.82, 2.24) is 0 Å². The highest BCUT2D eigenvalue weighted by Gasteiger charge is 2.24. The average Bonchev–Trinajstić information content (AvgIpc) is 3.32. The summed E-state index contributed by atoms with van der Waals surface area (Å²) in [5.41, 5.74) is 2.43. The summed E-state index contributed by atoms with van der Waals surface area (Å²) in [6.45, 7) is 0. The number of carbonyl (C=O) groups is 1. The van der Waals surface area contributed by atoms with Crippen molar-refractivity contribution < 1.29 is 14.3 Å². The Hall–Kier alpha value is -2.00. The third-order valence-corrected chi connectivity index (χ3v) is 3.74. The van der Waals surface area contributed by atoms with Crippen molar-refractivity contribution in [3.05, 3.63) is 47.0 Å². The first-order chi connectivity index (χ1) is 10.2. The summed E-state index contributed by atoms with van der Waals surface area (Å²) in [5.74, 6) is 1.27. The predicted molar refractivity (Wildman–Crippen MR) is 82.5 cm³/mol. The Morgan fingerprint density at radius 1 is 1.10 bits per heavy atom. The zero-order chi connectivity index (χ0) is 14.8. The molecule has 0 N–H and O–H groups in total. The summed E-state index contributed by atoms with van der Waals surface area (Å²) in [5, 5.41) is 0.595. The molecule has 1 fully saturated rings. The topological polar surface area (TPSA) is 35.5 Å². The van der Waals surface area contributed by atoms with Gasteiger partial charge in [-0.3, -0.25) is 4.79 Å². The van der Waals surface area contributed by atoms with Gasteiger partial charge in [0.2, 0.25) is 0 Å². The van der Waals surface area contributed by atoms with Crippen molar-refractivity contribution in [1.29, 1.82) is 0 Å². The van der Waals surface area contributed by atoms with Crippen molar-refractivity contribution in [3.63, 3.8) is 0 Å². The molecule has 4 heteroatoms. The normalized spacial score (nSPS) is 13.8. The van der Waals surface area contributed by atoms with Gasteiger partial charge < -0.3 is 9.47 Å². The van der Waals surface area contributed by atoms with E-state index in [1.165, 1.54) is 0 Å². The van der Waals surface area contributed by atoms with Gasteiger partial charge in [-0.15, -0.1) is 0 Å². The summed E-state index contributed by atoms with van der Waals surface area (Å²) in [6.07, 6.45) is 3.30. The van der Waals surface area contributed by atoms with E-state index in [0.29, 0.717) is 22.4 Å². The van der Waals surface area contributed by atoms with E-state index in [-0.39, 0.29) is 0 Å². The highest BCUT2D eigenvalue weighted by Crippen LogP contribution is 2.35. The van der Waals surface area contributed by atoms with Crippen LogP contribution in [0, 0.1) is 0 Å². The molecule has 0 heterocycles. The maximum absolute atomic E-state index is 10.9. The van der Waals surface area contributed by atoms with Crippen molar-refractivity contribution in [2.24, 2.45) is 0 Å². The van der Waals surface area contributed by atoms with Crippen molar-refractivity contribution in [2.75, 3.05) is 7.11 Å². The Morgan fingerprint density at radius 3 is 2.43 bits per heavy atom. The van der Waals surface area contributed by atoms with Crippen molar-refractivity contribution >= 4 is 17.9 Å². The van der Waals surface area contributed by atoms with Gasteiger partial charge in [0.1, 0.15) is 11.5 Å². The van der Waals surface area contributed by atoms with Crippen LogP contribution in [0.3, 0.4) is 0 Å². The summed E-state index contributed by atoms with van der Waals surface area (Å²) in [6, 6.07) is 11.2. The zero-order valence-corrected chi connectivity index (χ0v) is 12.4. The molecule has 0 amide bonds. The monoisotopic (exact) mass is 302 g/mol. The lowest BCUT2D eigenvalue weighted by molar-refractivity contribution is 0.112. The molecule has 0 spiro atoms. The molecule has 0 saturated heterocycles. The predicted octanol–water partition coefficient (Wildman–Crippen LogP) is 4.37. The molecule has 1 saturated carbocycles. The first-order valence-corrected chi connectivity index (χ1v) is 7.19. The number of hydrogen-bond acceptors (Lipinski definition) is 3. The molecule has 0 aromatic heterocycles. The second-order valence-electron chi connectivity index (χ2n) is 5.04. The maximum Gasteiger partial charge on any atom is 0.153 e. The van der Waals surface area contributed by atoms with Crippen LogP contribution in [-0.2, 0) is 0 Å². The van der Waals surface area contributed by atoms with Crippen LogP contribution in [0.5, 0.6) is 11.5 Å². The minimum atomic E-state index is 0.320. The van der Waals surface area contributed by atoms with E-state index in [9.17, 15) is 4.79 Å². The van der Waals surface area contributed by atoms with Gasteiger partial charge in [-0.25, -0.2) is 0 Å². The minimum Gasteiger partial charge on any atom is -0.496 e. The average molecular weight is 303 g/mol. The first-order valence-electron chi connectivity index (χ1n) is 6.81. The van der Waals surface area contributed by atoms with E-state index in [0.717, 1.165) is 36.0 Å². The van der Waals surface area contributed by atoms with E-state index in [1.54, 1.807) is 13.2 Å². The Bertz CT molecular complexity index is 678. The second kappa shape index (κ2) is 5.78. The van der Waals surface area contributed by atoms with Crippen LogP contribution in [0.15, 0.2) is 36.4 Å². The zero-order valence-electron chi connectivity index (χ0n) is 11.6. The van der Waals surface area contributed by atoms with Gasteiger partial charge in [0.05, 0.1) is 23.8 Å². The van der Waals surface area contributed by atoms with Crippen LogP contribution in [0.25, 0.3) is 11.1 Å². The molecule has 0 atom stereocenters. The smallest absolute Gasteiger partial charge is 0.153 e. The van der Waals surface area contributed by atoms with Gasteiger partial charge >= 0.3 is 0 Å². The highest BCUT2D eigenvalue weighted by atomic mass is 35.5. The highest BCUT2D eigenvalue weighted by molar-refractivity contribution is 6.32. The van der Waals surface area contributed by atoms with E-state index in [4.69, 9.17) is 21.1 Å². The third-order valence-electron chi connectivity index (χ3n) is 3.44. The lowest BCUT2D eigenvalue weighted by Crippen LogP contribution is -1.96. The molecule has 0 radical (unpaired) electrons. The SMILES string of the molecule is COc1cc(-c2ccc(OC3CC3)c(Cl)c2)ccc1C=O.